The van der Waals surface area contributed by atoms with E-state index in [0.29, 0.717) is 5.92 Å². The molecular formula is C16H31N3O. The summed E-state index contributed by atoms with van der Waals surface area (Å²) >= 11 is 0. The number of nitrogens with zero attached hydrogens (tertiary/aromatic N) is 1. The zero-order valence-corrected chi connectivity index (χ0v) is 13.0. The summed E-state index contributed by atoms with van der Waals surface area (Å²) in [6.07, 6.45) is 8.17. The SMILES string of the molecule is CC1CCCCN1CCCNC(=O)CC1CCNCC1. The number of rotatable bonds is 6. The first-order valence-corrected chi connectivity index (χ1v) is 8.47. The number of nitrogens with one attached hydrogen (secondary N) is 2. The van der Waals surface area contributed by atoms with Crippen LogP contribution in [0.15, 0.2) is 0 Å². The van der Waals surface area contributed by atoms with Crippen molar-refractivity contribution in [3.05, 3.63) is 0 Å². The largest absolute Gasteiger partial charge is 0.356 e. The molecule has 116 valence electrons. The summed E-state index contributed by atoms with van der Waals surface area (Å²) in [4.78, 5) is 14.5. The van der Waals surface area contributed by atoms with E-state index in [0.717, 1.165) is 57.9 Å². The average Bonchev–Trinajstić information content (AvgIpc) is 2.46. The monoisotopic (exact) mass is 281 g/mol. The molecule has 2 N–H and O–H groups in total. The predicted octanol–water partition coefficient (Wildman–Crippen LogP) is 1.76. The number of amides is 1. The van der Waals surface area contributed by atoms with E-state index in [1.165, 1.54) is 25.8 Å². The Morgan fingerprint density at radius 3 is 2.80 bits per heavy atom. The van der Waals surface area contributed by atoms with E-state index >= 15 is 0 Å². The van der Waals surface area contributed by atoms with E-state index in [1.54, 1.807) is 0 Å². The molecule has 2 rings (SSSR count). The molecular weight excluding hydrogens is 250 g/mol. The Labute approximate surface area is 123 Å². The lowest BCUT2D eigenvalue weighted by atomic mass is 9.94. The van der Waals surface area contributed by atoms with Gasteiger partial charge in [-0.15, -0.1) is 0 Å². The Morgan fingerprint density at radius 2 is 2.05 bits per heavy atom. The Kier molecular flexibility index (Phi) is 6.80. The molecule has 2 saturated heterocycles. The number of hydrogen-bond donors (Lipinski definition) is 2. The highest BCUT2D eigenvalue weighted by molar-refractivity contribution is 5.76. The molecule has 20 heavy (non-hydrogen) atoms. The highest BCUT2D eigenvalue weighted by Crippen LogP contribution is 2.16. The molecule has 0 aromatic heterocycles. The zero-order chi connectivity index (χ0) is 14.2. The summed E-state index contributed by atoms with van der Waals surface area (Å²) in [5, 5.41) is 6.44. The van der Waals surface area contributed by atoms with Gasteiger partial charge in [0.05, 0.1) is 0 Å². The lowest BCUT2D eigenvalue weighted by Gasteiger charge is -2.33. The molecule has 0 aromatic carbocycles. The van der Waals surface area contributed by atoms with Crippen LogP contribution in [0.3, 0.4) is 0 Å². The maximum Gasteiger partial charge on any atom is 0.220 e. The third-order valence-electron chi connectivity index (χ3n) is 4.82. The Hall–Kier alpha value is -0.610. The van der Waals surface area contributed by atoms with E-state index in [9.17, 15) is 4.79 Å². The fraction of sp³-hybridized carbons (Fsp3) is 0.938. The predicted molar refractivity (Wildman–Crippen MR) is 82.7 cm³/mol. The van der Waals surface area contributed by atoms with Crippen molar-refractivity contribution < 1.29 is 4.79 Å². The van der Waals surface area contributed by atoms with Crippen LogP contribution >= 0.6 is 0 Å². The Morgan fingerprint density at radius 1 is 1.25 bits per heavy atom. The van der Waals surface area contributed by atoms with Crippen LogP contribution in [0, 0.1) is 5.92 Å². The number of carbonyl (C=O) groups is 1. The van der Waals surface area contributed by atoms with Gasteiger partial charge in [-0.05, 0) is 64.6 Å². The number of likely N-dealkylation sites (tertiary alicyclic amines) is 1. The van der Waals surface area contributed by atoms with Crippen LogP contribution in [0.1, 0.15) is 51.9 Å². The molecule has 0 aliphatic carbocycles. The Balaban J connectivity index is 1.52. The van der Waals surface area contributed by atoms with Gasteiger partial charge >= 0.3 is 0 Å². The third-order valence-corrected chi connectivity index (χ3v) is 4.82. The van der Waals surface area contributed by atoms with Crippen molar-refractivity contribution in [1.82, 2.24) is 15.5 Å². The molecule has 0 saturated carbocycles. The quantitative estimate of drug-likeness (QED) is 0.729. The second-order valence-electron chi connectivity index (χ2n) is 6.48. The van der Waals surface area contributed by atoms with Crippen molar-refractivity contribution in [2.45, 2.75) is 57.9 Å². The van der Waals surface area contributed by atoms with Crippen molar-refractivity contribution >= 4 is 5.91 Å². The molecule has 0 aromatic rings. The van der Waals surface area contributed by atoms with Crippen LogP contribution in [0.25, 0.3) is 0 Å². The van der Waals surface area contributed by atoms with Crippen molar-refractivity contribution in [2.24, 2.45) is 5.92 Å². The van der Waals surface area contributed by atoms with Crippen LogP contribution in [0.2, 0.25) is 0 Å². The molecule has 2 aliphatic heterocycles. The van der Waals surface area contributed by atoms with Crippen LogP contribution in [-0.4, -0.2) is 49.6 Å². The Bertz CT molecular complexity index is 289. The fourth-order valence-corrected chi connectivity index (χ4v) is 3.42. The molecule has 0 radical (unpaired) electrons. The van der Waals surface area contributed by atoms with Crippen molar-refractivity contribution in [1.29, 1.82) is 0 Å². The third kappa shape index (κ3) is 5.41. The van der Waals surface area contributed by atoms with Gasteiger partial charge in [-0.2, -0.15) is 0 Å². The van der Waals surface area contributed by atoms with Gasteiger partial charge in [-0.25, -0.2) is 0 Å². The van der Waals surface area contributed by atoms with E-state index in [1.807, 2.05) is 0 Å². The normalized spacial score (nSPS) is 25.6. The highest BCUT2D eigenvalue weighted by atomic mass is 16.1. The summed E-state index contributed by atoms with van der Waals surface area (Å²) in [5.74, 6) is 0.849. The van der Waals surface area contributed by atoms with E-state index in [2.05, 4.69) is 22.5 Å². The zero-order valence-electron chi connectivity index (χ0n) is 13.0. The van der Waals surface area contributed by atoms with Crippen LogP contribution < -0.4 is 10.6 Å². The lowest BCUT2D eigenvalue weighted by Crippen LogP contribution is -2.39. The maximum atomic E-state index is 11.9. The number of piperidine rings is 2. The molecule has 1 unspecified atom stereocenters. The summed E-state index contributed by atoms with van der Waals surface area (Å²) in [7, 11) is 0. The van der Waals surface area contributed by atoms with Crippen molar-refractivity contribution in [3.63, 3.8) is 0 Å². The summed E-state index contributed by atoms with van der Waals surface area (Å²) in [6.45, 7) is 7.69. The molecule has 2 aliphatic rings. The minimum absolute atomic E-state index is 0.253. The molecule has 2 heterocycles. The van der Waals surface area contributed by atoms with Crippen LogP contribution in [-0.2, 0) is 4.79 Å². The van der Waals surface area contributed by atoms with Crippen molar-refractivity contribution in [3.8, 4) is 0 Å². The van der Waals surface area contributed by atoms with E-state index in [-0.39, 0.29) is 5.91 Å². The minimum Gasteiger partial charge on any atom is -0.356 e. The van der Waals surface area contributed by atoms with E-state index < -0.39 is 0 Å². The van der Waals surface area contributed by atoms with Gasteiger partial charge in [-0.1, -0.05) is 6.42 Å². The molecule has 0 bridgehead atoms. The topological polar surface area (TPSA) is 44.4 Å². The standard InChI is InChI=1S/C16H31N3O/c1-14-5-2-3-11-19(14)12-4-8-18-16(20)13-15-6-9-17-10-7-15/h14-15,17H,2-13H2,1H3,(H,18,20). The molecule has 1 amide bonds. The summed E-state index contributed by atoms with van der Waals surface area (Å²) in [6, 6.07) is 0.731. The fourth-order valence-electron chi connectivity index (χ4n) is 3.42. The highest BCUT2D eigenvalue weighted by Gasteiger charge is 2.18. The molecule has 4 nitrogen and oxygen atoms in total. The molecule has 1 atom stereocenters. The number of hydrogen-bond acceptors (Lipinski definition) is 3. The summed E-state index contributed by atoms with van der Waals surface area (Å²) in [5.41, 5.74) is 0. The van der Waals surface area contributed by atoms with E-state index in [4.69, 9.17) is 0 Å². The second-order valence-corrected chi connectivity index (χ2v) is 6.48. The van der Waals surface area contributed by atoms with Gasteiger partial charge in [0.1, 0.15) is 0 Å². The van der Waals surface area contributed by atoms with Gasteiger partial charge in [0, 0.05) is 25.6 Å². The van der Waals surface area contributed by atoms with Crippen LogP contribution in [0.4, 0.5) is 0 Å². The number of carbonyl (C=O) groups excluding carboxylic acids is 1. The first-order chi connectivity index (χ1) is 9.75. The lowest BCUT2D eigenvalue weighted by molar-refractivity contribution is -0.122. The smallest absolute Gasteiger partial charge is 0.220 e. The maximum absolute atomic E-state index is 11.9. The first kappa shape index (κ1) is 15.8. The van der Waals surface area contributed by atoms with Gasteiger partial charge < -0.3 is 15.5 Å². The second kappa shape index (κ2) is 8.63. The van der Waals surface area contributed by atoms with Gasteiger partial charge in [0.15, 0.2) is 0 Å². The van der Waals surface area contributed by atoms with Crippen molar-refractivity contribution in [2.75, 3.05) is 32.7 Å². The summed E-state index contributed by atoms with van der Waals surface area (Å²) < 4.78 is 0. The molecule has 2 fully saturated rings. The molecule has 0 spiro atoms. The van der Waals surface area contributed by atoms with Gasteiger partial charge in [0.2, 0.25) is 5.91 Å². The van der Waals surface area contributed by atoms with Gasteiger partial charge in [0.25, 0.3) is 0 Å². The van der Waals surface area contributed by atoms with Crippen LogP contribution in [0.5, 0.6) is 0 Å². The molecule has 4 heteroatoms. The first-order valence-electron chi connectivity index (χ1n) is 8.47. The van der Waals surface area contributed by atoms with Gasteiger partial charge in [-0.3, -0.25) is 4.79 Å². The minimum atomic E-state index is 0.253. The average molecular weight is 281 g/mol.